The van der Waals surface area contributed by atoms with Crippen molar-refractivity contribution in [3.05, 3.63) is 76.5 Å². The molecule has 172 valence electrons. The number of nitrogens with two attached hydrogens (primary N) is 1. The van der Waals surface area contributed by atoms with Crippen LogP contribution < -0.4 is 15.8 Å². The van der Waals surface area contributed by atoms with E-state index in [0.717, 1.165) is 0 Å². The van der Waals surface area contributed by atoms with Crippen LogP contribution in [0.2, 0.25) is 0 Å². The average Bonchev–Trinajstić information content (AvgIpc) is 3.20. The number of Topliss-reactive ketones (excluding diaryl/α,β-unsaturated/α-hetero) is 1. The number of anilines is 1. The second kappa shape index (κ2) is 9.19. The fourth-order valence-electron chi connectivity index (χ4n) is 4.00. The Bertz CT molecular complexity index is 1400. The number of carbonyl (C=O) groups excluding carboxylic acids is 1. The van der Waals surface area contributed by atoms with E-state index in [0.29, 0.717) is 40.1 Å². The molecule has 3 N–H and O–H groups in total. The van der Waals surface area contributed by atoms with Crippen LogP contribution in [-0.4, -0.2) is 27.1 Å². The van der Waals surface area contributed by atoms with E-state index in [9.17, 15) is 14.4 Å². The maximum absolute atomic E-state index is 14.1. The lowest BCUT2D eigenvalue weighted by Crippen LogP contribution is -2.23. The van der Waals surface area contributed by atoms with Crippen molar-refractivity contribution in [1.82, 2.24) is 20.1 Å². The number of hydrogen-bond acceptors (Lipinski definition) is 7. The van der Waals surface area contributed by atoms with Gasteiger partial charge in [0.25, 0.3) is 0 Å². The van der Waals surface area contributed by atoms with Gasteiger partial charge in [-0.05, 0) is 24.3 Å². The van der Waals surface area contributed by atoms with E-state index in [1.807, 2.05) is 19.9 Å². The van der Waals surface area contributed by atoms with Gasteiger partial charge in [-0.2, -0.15) is 10.4 Å². The minimum Gasteiger partial charge on any atom is -0.485 e. The molecule has 1 aromatic carbocycles. The number of allylic oxidation sites excluding steroid dienone is 2. The summed E-state index contributed by atoms with van der Waals surface area (Å²) in [6.45, 7) is 4.51. The van der Waals surface area contributed by atoms with E-state index in [1.165, 1.54) is 23.0 Å². The second-order valence-corrected chi connectivity index (χ2v) is 7.41. The summed E-state index contributed by atoms with van der Waals surface area (Å²) in [5.41, 5.74) is 9.24. The monoisotopic (exact) mass is 458 g/mol. The van der Waals surface area contributed by atoms with Crippen molar-refractivity contribution >= 4 is 17.3 Å². The van der Waals surface area contributed by atoms with Crippen LogP contribution >= 0.6 is 0 Å². The molecule has 0 fully saturated rings. The van der Waals surface area contributed by atoms with Crippen molar-refractivity contribution < 1.29 is 13.9 Å². The number of nitrogens with one attached hydrogen (secondary N) is 1. The molecule has 8 nitrogen and oxygen atoms in total. The molecule has 0 unspecified atom stereocenters. The molecule has 3 aromatic rings. The number of nitrogens with zero attached hydrogens (tertiary/aromatic N) is 4. The molecule has 9 heteroatoms. The standard InChI is InChI=1S/C23H17FN6O2.C2H6/c1-30-21-19(17(9-25)29-30)12-8-18(23(26)28-10-12)32-11-13-7-14(24)4-5-15(13)20-16(22(21)31)3-2-6-27-20;1-2/h2-5,7-8,10,27H,6,11H2,1H3,(H2,26,28);1-2H3. The number of rotatable bonds is 0. The number of ether oxygens (including phenoxy) is 1. The topological polar surface area (TPSA) is 119 Å². The molecule has 4 heterocycles. The number of dihydropyridines is 1. The lowest BCUT2D eigenvalue weighted by Gasteiger charge is -2.22. The number of hydrogen-bond donors (Lipinski definition) is 2. The van der Waals surface area contributed by atoms with E-state index in [1.54, 1.807) is 25.3 Å². The van der Waals surface area contributed by atoms with Gasteiger partial charge in [-0.1, -0.05) is 26.0 Å². The smallest absolute Gasteiger partial charge is 0.213 e. The highest BCUT2D eigenvalue weighted by molar-refractivity contribution is 6.17. The van der Waals surface area contributed by atoms with E-state index in [4.69, 9.17) is 10.5 Å². The molecule has 5 rings (SSSR count). The van der Waals surface area contributed by atoms with Gasteiger partial charge in [-0.25, -0.2) is 9.37 Å². The number of pyridine rings is 1. The number of ketones is 1. The molecule has 2 aliphatic heterocycles. The number of benzene rings is 1. The molecular formula is C25H23FN6O2. The summed E-state index contributed by atoms with van der Waals surface area (Å²) in [4.78, 5) is 18.0. The van der Waals surface area contributed by atoms with Gasteiger partial charge < -0.3 is 15.8 Å². The number of aromatic nitrogens is 3. The van der Waals surface area contributed by atoms with Gasteiger partial charge in [0.05, 0.1) is 11.3 Å². The molecule has 0 radical (unpaired) electrons. The molecule has 2 bridgehead atoms. The molecule has 0 aliphatic carbocycles. The number of aryl methyl sites for hydroxylation is 1. The number of halogens is 1. The van der Waals surface area contributed by atoms with E-state index in [2.05, 4.69) is 21.5 Å². The highest BCUT2D eigenvalue weighted by atomic mass is 19.1. The van der Waals surface area contributed by atoms with Crippen molar-refractivity contribution in [3.63, 3.8) is 0 Å². The first kappa shape index (κ1) is 22.7. The van der Waals surface area contributed by atoms with E-state index < -0.39 is 5.82 Å². The van der Waals surface area contributed by atoms with Gasteiger partial charge in [0, 0.05) is 42.1 Å². The van der Waals surface area contributed by atoms with E-state index in [-0.39, 0.29) is 35.3 Å². The maximum atomic E-state index is 14.1. The molecule has 2 aromatic heterocycles. The minimum atomic E-state index is -0.424. The number of carbonyl (C=O) groups is 1. The van der Waals surface area contributed by atoms with Crippen molar-refractivity contribution in [2.45, 2.75) is 20.5 Å². The van der Waals surface area contributed by atoms with Crippen LogP contribution in [-0.2, 0) is 13.7 Å². The first-order valence-electron chi connectivity index (χ1n) is 10.8. The summed E-state index contributed by atoms with van der Waals surface area (Å²) in [6.07, 6.45) is 5.02. The zero-order valence-corrected chi connectivity index (χ0v) is 19.0. The molecule has 0 saturated heterocycles. The predicted molar refractivity (Wildman–Crippen MR) is 126 cm³/mol. The molecule has 0 saturated carbocycles. The Hall–Kier alpha value is -4.45. The van der Waals surface area contributed by atoms with Crippen LogP contribution in [0.1, 0.15) is 41.2 Å². The molecule has 0 spiro atoms. The summed E-state index contributed by atoms with van der Waals surface area (Å²) in [5, 5.41) is 17.1. The Labute approximate surface area is 196 Å². The van der Waals surface area contributed by atoms with Gasteiger partial charge in [-0.3, -0.25) is 9.48 Å². The van der Waals surface area contributed by atoms with Crippen LogP contribution in [0.5, 0.6) is 5.75 Å². The Morgan fingerprint density at radius 3 is 2.85 bits per heavy atom. The SMILES string of the molecule is CC.Cn1nc(C#N)c2c1C(=O)C1=C(NCC=C1)c1ccc(F)cc1COc1cc-2cnc1N. The van der Waals surface area contributed by atoms with E-state index >= 15 is 0 Å². The second-order valence-electron chi connectivity index (χ2n) is 7.41. The molecular weight excluding hydrogens is 435 g/mol. The Morgan fingerprint density at radius 2 is 2.09 bits per heavy atom. The highest BCUT2D eigenvalue weighted by Gasteiger charge is 2.29. The first-order chi connectivity index (χ1) is 16.5. The minimum absolute atomic E-state index is 0.00377. The Morgan fingerprint density at radius 1 is 1.29 bits per heavy atom. The third kappa shape index (κ3) is 3.79. The Kier molecular flexibility index (Phi) is 6.15. The van der Waals surface area contributed by atoms with Gasteiger partial charge in [0.1, 0.15) is 24.2 Å². The lowest BCUT2D eigenvalue weighted by atomic mass is 9.92. The number of fused-ring (bicyclic) bond motifs is 6. The third-order valence-corrected chi connectivity index (χ3v) is 5.45. The van der Waals surface area contributed by atoms with Gasteiger partial charge in [0.15, 0.2) is 17.3 Å². The van der Waals surface area contributed by atoms with Gasteiger partial charge in [-0.15, -0.1) is 0 Å². The van der Waals surface area contributed by atoms with Crippen LogP contribution in [0.15, 0.2) is 48.2 Å². The highest BCUT2D eigenvalue weighted by Crippen LogP contribution is 2.36. The summed E-state index contributed by atoms with van der Waals surface area (Å²) >= 11 is 0. The van der Waals surface area contributed by atoms with Crippen LogP contribution in [0, 0.1) is 17.1 Å². The Balaban J connectivity index is 0.00000133. The van der Waals surface area contributed by atoms with Crippen molar-refractivity contribution in [2.24, 2.45) is 7.05 Å². The number of nitrogen functional groups attached to an aromatic ring is 1. The summed E-state index contributed by atoms with van der Waals surface area (Å²) in [7, 11) is 1.61. The zero-order chi connectivity index (χ0) is 24.4. The third-order valence-electron chi connectivity index (χ3n) is 5.45. The summed E-state index contributed by atoms with van der Waals surface area (Å²) in [6, 6.07) is 7.97. The molecule has 0 amide bonds. The van der Waals surface area contributed by atoms with Gasteiger partial charge >= 0.3 is 0 Å². The number of nitriles is 1. The van der Waals surface area contributed by atoms with Crippen molar-refractivity contribution in [1.29, 1.82) is 5.26 Å². The van der Waals surface area contributed by atoms with Crippen LogP contribution in [0.3, 0.4) is 0 Å². The molecule has 0 atom stereocenters. The van der Waals surface area contributed by atoms with Gasteiger partial charge in [0.2, 0.25) is 5.78 Å². The zero-order valence-electron chi connectivity index (χ0n) is 19.0. The van der Waals surface area contributed by atoms with Crippen molar-refractivity contribution in [3.8, 4) is 22.9 Å². The fraction of sp³-hybridized carbons (Fsp3) is 0.200. The first-order valence-corrected chi connectivity index (χ1v) is 10.8. The fourth-order valence-corrected chi connectivity index (χ4v) is 4.00. The predicted octanol–water partition coefficient (Wildman–Crippen LogP) is 3.75. The van der Waals surface area contributed by atoms with Crippen molar-refractivity contribution in [2.75, 3.05) is 12.3 Å². The molecule has 34 heavy (non-hydrogen) atoms. The molecule has 2 aliphatic rings. The largest absolute Gasteiger partial charge is 0.485 e. The summed E-state index contributed by atoms with van der Waals surface area (Å²) in [5.74, 6) is -0.357. The normalized spacial score (nSPS) is 14.0. The average molecular weight is 458 g/mol. The van der Waals surface area contributed by atoms with Crippen LogP contribution in [0.25, 0.3) is 16.8 Å². The maximum Gasteiger partial charge on any atom is 0.213 e. The summed E-state index contributed by atoms with van der Waals surface area (Å²) < 4.78 is 21.4. The quantitative estimate of drug-likeness (QED) is 0.527. The lowest BCUT2D eigenvalue weighted by molar-refractivity contribution is 0.103. The van der Waals surface area contributed by atoms with Crippen LogP contribution in [0.4, 0.5) is 10.2 Å².